The second kappa shape index (κ2) is 4.90. The van der Waals surface area contributed by atoms with Gasteiger partial charge in [-0.15, -0.1) is 0 Å². The van der Waals surface area contributed by atoms with Crippen LogP contribution in [0.3, 0.4) is 0 Å². The molecule has 1 aliphatic carbocycles. The number of rotatable bonds is 3. The average Bonchev–Trinajstić information content (AvgIpc) is 2.44. The fourth-order valence-corrected chi connectivity index (χ4v) is 2.20. The summed E-state index contributed by atoms with van der Waals surface area (Å²) in [6.07, 6.45) is 2.53. The van der Waals surface area contributed by atoms with Crippen LogP contribution in [-0.2, 0) is 11.0 Å². The SMILES string of the molecule is CC(C)(C)[S@@](=O)/N=C/C[C@H]1CCC(F)(F)C1. The monoisotopic (exact) mass is 251 g/mol. The molecule has 1 fully saturated rings. The normalized spacial score (nSPS) is 27.4. The van der Waals surface area contributed by atoms with Crippen molar-refractivity contribution in [3.63, 3.8) is 0 Å². The number of hydrogen-bond donors (Lipinski definition) is 0. The van der Waals surface area contributed by atoms with E-state index in [1.54, 1.807) is 6.21 Å². The van der Waals surface area contributed by atoms with Gasteiger partial charge in [-0.05, 0) is 39.5 Å². The highest BCUT2D eigenvalue weighted by molar-refractivity contribution is 7.85. The first-order valence-electron chi connectivity index (χ1n) is 5.53. The highest BCUT2D eigenvalue weighted by Gasteiger charge is 2.38. The van der Waals surface area contributed by atoms with Gasteiger partial charge in [-0.1, -0.05) is 0 Å². The van der Waals surface area contributed by atoms with Gasteiger partial charge in [0.1, 0.15) is 11.0 Å². The summed E-state index contributed by atoms with van der Waals surface area (Å²) in [5.74, 6) is -2.50. The van der Waals surface area contributed by atoms with Gasteiger partial charge in [0.15, 0.2) is 0 Å². The van der Waals surface area contributed by atoms with Crippen molar-refractivity contribution in [2.45, 2.75) is 57.1 Å². The predicted molar refractivity (Wildman–Crippen MR) is 63.3 cm³/mol. The topological polar surface area (TPSA) is 29.4 Å². The molecule has 0 heterocycles. The Kier molecular flexibility index (Phi) is 4.21. The quantitative estimate of drug-likeness (QED) is 0.707. The van der Waals surface area contributed by atoms with Gasteiger partial charge >= 0.3 is 0 Å². The van der Waals surface area contributed by atoms with E-state index in [1.807, 2.05) is 20.8 Å². The molecule has 0 saturated heterocycles. The van der Waals surface area contributed by atoms with Crippen LogP contribution in [0.2, 0.25) is 0 Å². The molecule has 1 rings (SSSR count). The van der Waals surface area contributed by atoms with E-state index < -0.39 is 16.9 Å². The molecule has 94 valence electrons. The molecule has 1 saturated carbocycles. The summed E-state index contributed by atoms with van der Waals surface area (Å²) < 4.78 is 40.8. The van der Waals surface area contributed by atoms with Gasteiger partial charge in [-0.25, -0.2) is 13.0 Å². The van der Waals surface area contributed by atoms with Crippen molar-refractivity contribution < 1.29 is 13.0 Å². The molecular weight excluding hydrogens is 232 g/mol. The Morgan fingerprint density at radius 3 is 2.56 bits per heavy atom. The van der Waals surface area contributed by atoms with Gasteiger partial charge in [0.2, 0.25) is 5.92 Å². The molecule has 0 radical (unpaired) electrons. The molecule has 0 spiro atoms. The number of hydrogen-bond acceptors (Lipinski definition) is 1. The largest absolute Gasteiger partial charge is 0.248 e. The van der Waals surface area contributed by atoms with Crippen LogP contribution in [0.25, 0.3) is 0 Å². The van der Waals surface area contributed by atoms with E-state index in [1.165, 1.54) is 0 Å². The Morgan fingerprint density at radius 2 is 2.12 bits per heavy atom. The van der Waals surface area contributed by atoms with E-state index in [0.29, 0.717) is 12.8 Å². The van der Waals surface area contributed by atoms with E-state index >= 15 is 0 Å². The summed E-state index contributed by atoms with van der Waals surface area (Å²) in [6, 6.07) is 0. The zero-order chi connectivity index (χ0) is 12.4. The fourth-order valence-electron chi connectivity index (χ4n) is 1.66. The third kappa shape index (κ3) is 4.28. The predicted octanol–water partition coefficient (Wildman–Crippen LogP) is 3.34. The van der Waals surface area contributed by atoms with Crippen LogP contribution in [0.4, 0.5) is 8.78 Å². The Labute approximate surface area is 98.1 Å². The molecule has 0 unspecified atom stereocenters. The van der Waals surface area contributed by atoms with Gasteiger partial charge in [0.25, 0.3) is 0 Å². The van der Waals surface area contributed by atoms with Gasteiger partial charge in [-0.2, -0.15) is 4.40 Å². The third-order valence-electron chi connectivity index (χ3n) is 2.64. The molecule has 0 N–H and O–H groups in total. The van der Waals surface area contributed by atoms with Crippen molar-refractivity contribution in [2.24, 2.45) is 10.3 Å². The highest BCUT2D eigenvalue weighted by Crippen LogP contribution is 2.39. The molecule has 0 aromatic heterocycles. The maximum absolute atomic E-state index is 12.9. The number of nitrogens with zero attached hydrogens (tertiary/aromatic N) is 1. The molecule has 0 aromatic carbocycles. The van der Waals surface area contributed by atoms with Gasteiger partial charge in [0, 0.05) is 19.1 Å². The smallest absolute Gasteiger partial charge is 0.234 e. The summed E-state index contributed by atoms with van der Waals surface area (Å²) in [5, 5.41) is 0. The molecule has 16 heavy (non-hydrogen) atoms. The fraction of sp³-hybridized carbons (Fsp3) is 0.909. The van der Waals surface area contributed by atoms with Crippen LogP contribution in [0.5, 0.6) is 0 Å². The minimum Gasteiger partial charge on any atom is -0.234 e. The first-order chi connectivity index (χ1) is 7.21. The van der Waals surface area contributed by atoms with E-state index in [9.17, 15) is 13.0 Å². The van der Waals surface area contributed by atoms with Crippen LogP contribution in [0, 0.1) is 5.92 Å². The molecule has 5 heteroatoms. The zero-order valence-electron chi connectivity index (χ0n) is 10.0. The molecule has 0 bridgehead atoms. The van der Waals surface area contributed by atoms with Crippen molar-refractivity contribution in [2.75, 3.05) is 0 Å². The van der Waals surface area contributed by atoms with E-state index in [-0.39, 0.29) is 23.5 Å². The molecule has 1 aliphatic rings. The van der Waals surface area contributed by atoms with Gasteiger partial charge < -0.3 is 0 Å². The Balaban J connectivity index is 2.36. The van der Waals surface area contributed by atoms with Gasteiger partial charge in [0.05, 0.1) is 4.75 Å². The lowest BCUT2D eigenvalue weighted by atomic mass is 10.1. The molecule has 0 amide bonds. The maximum Gasteiger partial charge on any atom is 0.248 e. The summed E-state index contributed by atoms with van der Waals surface area (Å²) in [5.41, 5.74) is 0. The average molecular weight is 251 g/mol. The van der Waals surface area contributed by atoms with E-state index in [2.05, 4.69) is 4.40 Å². The second-order valence-electron chi connectivity index (χ2n) is 5.35. The second-order valence-corrected chi connectivity index (χ2v) is 7.28. The minimum atomic E-state index is -2.50. The van der Waals surface area contributed by atoms with Crippen LogP contribution < -0.4 is 0 Å². The van der Waals surface area contributed by atoms with Crippen molar-refractivity contribution in [1.29, 1.82) is 0 Å². The Bertz CT molecular complexity index is 297. The van der Waals surface area contributed by atoms with Crippen LogP contribution in [-0.4, -0.2) is 21.1 Å². The van der Waals surface area contributed by atoms with Gasteiger partial charge in [-0.3, -0.25) is 0 Å². The first kappa shape index (κ1) is 13.7. The van der Waals surface area contributed by atoms with Crippen molar-refractivity contribution in [3.8, 4) is 0 Å². The summed E-state index contributed by atoms with van der Waals surface area (Å²) >= 11 is 0. The number of alkyl halides is 2. The summed E-state index contributed by atoms with van der Waals surface area (Å²) in [6.45, 7) is 5.51. The third-order valence-corrected chi connectivity index (χ3v) is 4.03. The minimum absolute atomic E-state index is 0.00396. The molecular formula is C11H19F2NOS. The lowest BCUT2D eigenvalue weighted by Crippen LogP contribution is -2.19. The zero-order valence-corrected chi connectivity index (χ0v) is 10.8. The van der Waals surface area contributed by atoms with Crippen LogP contribution in [0.15, 0.2) is 4.40 Å². The first-order valence-corrected chi connectivity index (χ1v) is 6.64. The van der Waals surface area contributed by atoms with Crippen molar-refractivity contribution >= 4 is 17.2 Å². The highest BCUT2D eigenvalue weighted by atomic mass is 32.2. The summed E-state index contributed by atoms with van der Waals surface area (Å²) in [4.78, 5) is 0. The lowest BCUT2D eigenvalue weighted by molar-refractivity contribution is 0.00539. The molecule has 0 aromatic rings. The van der Waals surface area contributed by atoms with E-state index in [4.69, 9.17) is 0 Å². The Morgan fingerprint density at radius 1 is 1.50 bits per heavy atom. The van der Waals surface area contributed by atoms with Crippen LogP contribution in [0.1, 0.15) is 46.5 Å². The van der Waals surface area contributed by atoms with Crippen LogP contribution >= 0.6 is 0 Å². The molecule has 2 nitrogen and oxygen atoms in total. The van der Waals surface area contributed by atoms with Crippen molar-refractivity contribution in [1.82, 2.24) is 0 Å². The van der Waals surface area contributed by atoms with E-state index in [0.717, 1.165) is 0 Å². The Hall–Kier alpha value is -0.320. The van der Waals surface area contributed by atoms with Crippen molar-refractivity contribution in [3.05, 3.63) is 0 Å². The standard InChI is InChI=1S/C11H19F2NOS/c1-10(2,3)16(15)14-7-5-9-4-6-11(12,13)8-9/h7,9H,4-6,8H2,1-3H3/b14-7+/t9-,16-/m1/s1. The lowest BCUT2D eigenvalue weighted by Gasteiger charge is -2.13. The summed E-state index contributed by atoms with van der Waals surface area (Å²) in [7, 11) is -1.27. The molecule has 2 atom stereocenters. The number of halogens is 2. The maximum atomic E-state index is 12.9. The molecule has 0 aliphatic heterocycles.